The van der Waals surface area contributed by atoms with Gasteiger partial charge in [0.1, 0.15) is 0 Å². The van der Waals surface area contributed by atoms with Crippen molar-refractivity contribution in [2.75, 3.05) is 19.4 Å². The fourth-order valence-corrected chi connectivity index (χ4v) is 1.59. The highest BCUT2D eigenvalue weighted by Gasteiger charge is 2.08. The number of carbonyl (C=O) groups is 1. The van der Waals surface area contributed by atoms with Crippen LogP contribution in [-0.2, 0) is 9.53 Å². The minimum Gasteiger partial charge on any atom is -0.466 e. The summed E-state index contributed by atoms with van der Waals surface area (Å²) < 4.78 is 4.85. The zero-order chi connectivity index (χ0) is 11.0. The molecular weight excluding hydrogens is 198 g/mol. The summed E-state index contributed by atoms with van der Waals surface area (Å²) in [4.78, 5) is 15.2. The van der Waals surface area contributed by atoms with Crippen molar-refractivity contribution in [3.8, 4) is 0 Å². The number of hydrogen-bond acceptors (Lipinski definition) is 4. The van der Waals surface area contributed by atoms with E-state index < -0.39 is 0 Å². The lowest BCUT2D eigenvalue weighted by Gasteiger charge is -2.07. The third-order valence-corrected chi connectivity index (χ3v) is 2.72. The van der Waals surface area contributed by atoms with Crippen LogP contribution >= 0.6 is 11.8 Å². The van der Waals surface area contributed by atoms with Gasteiger partial charge in [0.2, 0.25) is 0 Å². The fraction of sp³-hybridized carbons (Fsp3) is 0.800. The van der Waals surface area contributed by atoms with Gasteiger partial charge in [0.15, 0.2) is 0 Å². The first-order valence-corrected chi connectivity index (χ1v) is 5.86. The largest absolute Gasteiger partial charge is 0.466 e. The molecule has 0 aliphatic rings. The average Bonchev–Trinajstić information content (AvgIpc) is 2.12. The predicted molar refractivity (Wildman–Crippen MR) is 62.2 cm³/mol. The summed E-state index contributed by atoms with van der Waals surface area (Å²) in [6.07, 6.45) is 0.323. The van der Waals surface area contributed by atoms with Crippen LogP contribution < -0.4 is 0 Å². The number of aliphatic imine (C=N–C) groups is 1. The first-order chi connectivity index (χ1) is 6.60. The number of hydrogen-bond donors (Lipinski definition) is 0. The minimum absolute atomic E-state index is 0.183. The van der Waals surface area contributed by atoms with Crippen LogP contribution in [0.1, 0.15) is 27.2 Å². The quantitative estimate of drug-likeness (QED) is 0.505. The predicted octanol–water partition coefficient (Wildman–Crippen LogP) is 2.15. The summed E-state index contributed by atoms with van der Waals surface area (Å²) in [5.74, 6) is 0.630. The molecule has 0 radical (unpaired) electrons. The zero-order valence-electron chi connectivity index (χ0n) is 9.37. The molecule has 0 amide bonds. The Bertz CT molecular complexity index is 202. The lowest BCUT2D eigenvalue weighted by atomic mass is 10.3. The SMILES string of the molecule is CCOC(=O)CC(CSC(C)C)=NC. The molecule has 3 nitrogen and oxygen atoms in total. The number of thioether (sulfide) groups is 1. The molecule has 0 saturated heterocycles. The summed E-state index contributed by atoms with van der Waals surface area (Å²) in [5.41, 5.74) is 0.905. The monoisotopic (exact) mass is 217 g/mol. The van der Waals surface area contributed by atoms with E-state index in [2.05, 4.69) is 18.8 Å². The van der Waals surface area contributed by atoms with Crippen molar-refractivity contribution in [2.24, 2.45) is 4.99 Å². The number of esters is 1. The van der Waals surface area contributed by atoms with E-state index in [1.54, 1.807) is 18.8 Å². The molecule has 0 aliphatic heterocycles. The molecule has 0 aromatic carbocycles. The third kappa shape index (κ3) is 6.95. The van der Waals surface area contributed by atoms with Crippen LogP contribution in [0.15, 0.2) is 4.99 Å². The van der Waals surface area contributed by atoms with Gasteiger partial charge < -0.3 is 4.74 Å². The molecule has 0 aliphatic carbocycles. The van der Waals surface area contributed by atoms with Gasteiger partial charge in [0, 0.05) is 18.5 Å². The van der Waals surface area contributed by atoms with E-state index in [-0.39, 0.29) is 5.97 Å². The van der Waals surface area contributed by atoms with Crippen LogP contribution in [0, 0.1) is 0 Å². The molecule has 0 atom stereocenters. The van der Waals surface area contributed by atoms with Gasteiger partial charge in [-0.05, 0) is 12.2 Å². The Morgan fingerprint density at radius 1 is 1.50 bits per heavy atom. The second-order valence-electron chi connectivity index (χ2n) is 3.13. The normalized spacial score (nSPS) is 11.9. The zero-order valence-corrected chi connectivity index (χ0v) is 10.2. The molecule has 0 bridgehead atoms. The summed E-state index contributed by atoms with van der Waals surface area (Å²) in [5, 5.41) is 0.564. The summed E-state index contributed by atoms with van der Waals surface area (Å²) in [6.45, 7) is 6.50. The molecular formula is C10H19NO2S. The van der Waals surface area contributed by atoms with Crippen molar-refractivity contribution in [1.29, 1.82) is 0 Å². The van der Waals surface area contributed by atoms with Crippen LogP contribution in [0.5, 0.6) is 0 Å². The Balaban J connectivity index is 3.86. The molecule has 0 unspecified atom stereocenters. The van der Waals surface area contributed by atoms with Gasteiger partial charge in [0.05, 0.1) is 13.0 Å². The average molecular weight is 217 g/mol. The Kier molecular flexibility index (Phi) is 7.57. The van der Waals surface area contributed by atoms with Crippen molar-refractivity contribution >= 4 is 23.4 Å². The van der Waals surface area contributed by atoms with Crippen molar-refractivity contribution in [3.63, 3.8) is 0 Å². The lowest BCUT2D eigenvalue weighted by molar-refractivity contribution is -0.141. The minimum atomic E-state index is -0.183. The van der Waals surface area contributed by atoms with Crippen LogP contribution in [0.25, 0.3) is 0 Å². The van der Waals surface area contributed by atoms with Crippen molar-refractivity contribution in [2.45, 2.75) is 32.4 Å². The Morgan fingerprint density at radius 3 is 2.57 bits per heavy atom. The number of nitrogens with zero attached hydrogens (tertiary/aromatic N) is 1. The van der Waals surface area contributed by atoms with Gasteiger partial charge in [-0.15, -0.1) is 0 Å². The molecule has 14 heavy (non-hydrogen) atoms. The van der Waals surface area contributed by atoms with E-state index in [1.165, 1.54) is 0 Å². The molecule has 0 aromatic heterocycles. The van der Waals surface area contributed by atoms with Crippen LogP contribution in [0.2, 0.25) is 0 Å². The fourth-order valence-electron chi connectivity index (χ4n) is 0.836. The molecule has 0 N–H and O–H groups in total. The van der Waals surface area contributed by atoms with Crippen LogP contribution in [-0.4, -0.2) is 36.3 Å². The Morgan fingerprint density at radius 2 is 2.14 bits per heavy atom. The molecule has 0 saturated carbocycles. The summed E-state index contributed by atoms with van der Waals surface area (Å²) in [6, 6.07) is 0. The molecule has 0 heterocycles. The second kappa shape index (κ2) is 7.85. The van der Waals surface area contributed by atoms with Crippen molar-refractivity contribution in [3.05, 3.63) is 0 Å². The topological polar surface area (TPSA) is 38.7 Å². The standard InChI is InChI=1S/C10H19NO2S/c1-5-13-10(12)6-9(11-4)7-14-8(2)3/h8H,5-7H2,1-4H3. The van der Waals surface area contributed by atoms with Gasteiger partial charge >= 0.3 is 5.97 Å². The maximum Gasteiger partial charge on any atom is 0.311 e. The molecule has 0 aromatic rings. The van der Waals surface area contributed by atoms with Crippen molar-refractivity contribution < 1.29 is 9.53 Å². The maximum atomic E-state index is 11.1. The van der Waals surface area contributed by atoms with Gasteiger partial charge in [-0.2, -0.15) is 11.8 Å². The van der Waals surface area contributed by atoms with E-state index in [9.17, 15) is 4.79 Å². The van der Waals surface area contributed by atoms with E-state index in [0.29, 0.717) is 18.3 Å². The number of ether oxygens (including phenoxy) is 1. The van der Waals surface area contributed by atoms with Crippen LogP contribution in [0.4, 0.5) is 0 Å². The molecule has 0 rings (SSSR count). The lowest BCUT2D eigenvalue weighted by Crippen LogP contribution is -2.14. The van der Waals surface area contributed by atoms with Gasteiger partial charge in [0.25, 0.3) is 0 Å². The second-order valence-corrected chi connectivity index (χ2v) is 4.70. The number of rotatable bonds is 6. The number of carbonyl (C=O) groups excluding carboxylic acids is 1. The smallest absolute Gasteiger partial charge is 0.311 e. The molecule has 0 spiro atoms. The molecule has 4 heteroatoms. The molecule has 0 fully saturated rings. The van der Waals surface area contributed by atoms with E-state index >= 15 is 0 Å². The highest BCUT2D eigenvalue weighted by atomic mass is 32.2. The highest BCUT2D eigenvalue weighted by molar-refractivity contribution is 8.00. The van der Waals surface area contributed by atoms with E-state index in [4.69, 9.17) is 4.74 Å². The van der Waals surface area contributed by atoms with Gasteiger partial charge in [-0.3, -0.25) is 9.79 Å². The third-order valence-electron chi connectivity index (χ3n) is 1.55. The van der Waals surface area contributed by atoms with E-state index in [0.717, 1.165) is 11.5 Å². The first kappa shape index (κ1) is 13.5. The van der Waals surface area contributed by atoms with E-state index in [1.807, 2.05) is 6.92 Å². The van der Waals surface area contributed by atoms with Gasteiger partial charge in [-0.25, -0.2) is 0 Å². The van der Waals surface area contributed by atoms with Gasteiger partial charge in [-0.1, -0.05) is 13.8 Å². The molecule has 82 valence electrons. The summed E-state index contributed by atoms with van der Waals surface area (Å²) >= 11 is 1.79. The summed E-state index contributed by atoms with van der Waals surface area (Å²) in [7, 11) is 1.72. The van der Waals surface area contributed by atoms with Crippen LogP contribution in [0.3, 0.4) is 0 Å². The highest BCUT2D eigenvalue weighted by Crippen LogP contribution is 2.10. The Hall–Kier alpha value is -0.510. The Labute approximate surface area is 90.3 Å². The first-order valence-electron chi connectivity index (χ1n) is 4.81. The maximum absolute atomic E-state index is 11.1. The van der Waals surface area contributed by atoms with Crippen molar-refractivity contribution in [1.82, 2.24) is 0 Å².